The van der Waals surface area contributed by atoms with Crippen molar-refractivity contribution in [2.45, 2.75) is 43.9 Å². The standard InChI is InChI=1S/C16H19BrO2/c17-13-8-6-12(7-9-13)16(15(18)19)10-14(16)11-4-2-1-3-5-11/h6-9,11,14H,1-5,10H2,(H,18,19)/t14-,16-/m0/s1. The second-order valence-electron chi connectivity index (χ2n) is 5.99. The van der Waals surface area contributed by atoms with Gasteiger partial charge in [0.1, 0.15) is 0 Å². The molecule has 0 bridgehead atoms. The maximum absolute atomic E-state index is 11.8. The predicted octanol–water partition coefficient (Wildman–Crippen LogP) is 4.37. The Bertz CT molecular complexity index is 476. The highest BCUT2D eigenvalue weighted by molar-refractivity contribution is 9.10. The first kappa shape index (κ1) is 13.2. The summed E-state index contributed by atoms with van der Waals surface area (Å²) in [4.78, 5) is 11.8. The lowest BCUT2D eigenvalue weighted by atomic mass is 9.80. The maximum atomic E-state index is 11.8. The highest BCUT2D eigenvalue weighted by atomic mass is 79.9. The van der Waals surface area contributed by atoms with E-state index in [2.05, 4.69) is 15.9 Å². The number of carboxylic acids is 1. The number of carbonyl (C=O) groups is 1. The van der Waals surface area contributed by atoms with Gasteiger partial charge in [-0.25, -0.2) is 0 Å². The lowest BCUT2D eigenvalue weighted by Gasteiger charge is -2.24. The molecule has 0 aliphatic heterocycles. The van der Waals surface area contributed by atoms with E-state index in [0.717, 1.165) is 16.5 Å². The van der Waals surface area contributed by atoms with Crippen molar-refractivity contribution in [1.29, 1.82) is 0 Å². The first-order valence-electron chi connectivity index (χ1n) is 7.14. The number of halogens is 1. The summed E-state index contributed by atoms with van der Waals surface area (Å²) in [5, 5.41) is 9.72. The van der Waals surface area contributed by atoms with Crippen LogP contribution in [-0.2, 0) is 10.2 Å². The van der Waals surface area contributed by atoms with E-state index in [1.165, 1.54) is 32.1 Å². The molecule has 0 radical (unpaired) electrons. The van der Waals surface area contributed by atoms with Crippen LogP contribution in [0.25, 0.3) is 0 Å². The van der Waals surface area contributed by atoms with Gasteiger partial charge in [0.2, 0.25) is 0 Å². The average Bonchev–Trinajstić information content (AvgIpc) is 3.17. The van der Waals surface area contributed by atoms with Crippen molar-refractivity contribution in [2.24, 2.45) is 11.8 Å². The Labute approximate surface area is 122 Å². The van der Waals surface area contributed by atoms with Crippen molar-refractivity contribution in [3.63, 3.8) is 0 Å². The van der Waals surface area contributed by atoms with Crippen LogP contribution in [0.2, 0.25) is 0 Å². The third-order valence-corrected chi connectivity index (χ3v) is 5.50. The van der Waals surface area contributed by atoms with Gasteiger partial charge in [0.05, 0.1) is 5.41 Å². The van der Waals surface area contributed by atoms with Crippen LogP contribution in [0.3, 0.4) is 0 Å². The van der Waals surface area contributed by atoms with Gasteiger partial charge in [-0.1, -0.05) is 60.2 Å². The smallest absolute Gasteiger partial charge is 0.314 e. The number of hydrogen-bond acceptors (Lipinski definition) is 1. The van der Waals surface area contributed by atoms with Crippen molar-refractivity contribution in [2.75, 3.05) is 0 Å². The van der Waals surface area contributed by atoms with Crippen LogP contribution < -0.4 is 0 Å². The van der Waals surface area contributed by atoms with Gasteiger partial charge in [-0.05, 0) is 36.0 Å². The Morgan fingerprint density at radius 2 is 1.79 bits per heavy atom. The molecule has 19 heavy (non-hydrogen) atoms. The zero-order valence-electron chi connectivity index (χ0n) is 10.9. The summed E-state index contributed by atoms with van der Waals surface area (Å²) in [5.41, 5.74) is 0.390. The van der Waals surface area contributed by atoms with Gasteiger partial charge in [0.15, 0.2) is 0 Å². The molecule has 0 amide bonds. The Kier molecular flexibility index (Phi) is 3.42. The van der Waals surface area contributed by atoms with Crippen LogP contribution in [-0.4, -0.2) is 11.1 Å². The van der Waals surface area contributed by atoms with Gasteiger partial charge >= 0.3 is 5.97 Å². The third kappa shape index (κ3) is 2.22. The number of carboxylic acid groups (broad SMARTS) is 1. The van der Waals surface area contributed by atoms with Gasteiger partial charge in [-0.3, -0.25) is 4.79 Å². The fourth-order valence-electron chi connectivity index (χ4n) is 3.84. The molecule has 2 nitrogen and oxygen atoms in total. The highest BCUT2D eigenvalue weighted by Crippen LogP contribution is 2.60. The van der Waals surface area contributed by atoms with Crippen LogP contribution in [0.5, 0.6) is 0 Å². The molecule has 1 aromatic rings. The second kappa shape index (κ2) is 4.93. The molecule has 1 N–H and O–H groups in total. The van der Waals surface area contributed by atoms with Gasteiger partial charge < -0.3 is 5.11 Å². The quantitative estimate of drug-likeness (QED) is 0.897. The Hall–Kier alpha value is -0.830. The lowest BCUT2D eigenvalue weighted by Crippen LogP contribution is -2.26. The first-order chi connectivity index (χ1) is 9.14. The van der Waals surface area contributed by atoms with E-state index in [4.69, 9.17) is 0 Å². The summed E-state index contributed by atoms with van der Waals surface area (Å²) < 4.78 is 1.01. The molecule has 0 spiro atoms. The fraction of sp³-hybridized carbons (Fsp3) is 0.562. The minimum Gasteiger partial charge on any atom is -0.481 e. The number of benzene rings is 1. The van der Waals surface area contributed by atoms with Crippen LogP contribution in [0, 0.1) is 11.8 Å². The molecular formula is C16H19BrO2. The van der Waals surface area contributed by atoms with Crippen molar-refractivity contribution >= 4 is 21.9 Å². The van der Waals surface area contributed by atoms with Crippen LogP contribution in [0.4, 0.5) is 0 Å². The van der Waals surface area contributed by atoms with E-state index in [0.29, 0.717) is 11.8 Å². The summed E-state index contributed by atoms with van der Waals surface area (Å²) in [6, 6.07) is 7.86. The van der Waals surface area contributed by atoms with Gasteiger partial charge in [0, 0.05) is 4.47 Å². The van der Waals surface area contributed by atoms with E-state index in [1.54, 1.807) is 0 Å². The molecule has 2 aliphatic rings. The highest BCUT2D eigenvalue weighted by Gasteiger charge is 2.63. The molecule has 1 aromatic carbocycles. The van der Waals surface area contributed by atoms with Crippen molar-refractivity contribution in [3.8, 4) is 0 Å². The molecule has 2 atom stereocenters. The summed E-state index contributed by atoms with van der Waals surface area (Å²) in [5.74, 6) is 0.338. The van der Waals surface area contributed by atoms with Crippen LogP contribution in [0.15, 0.2) is 28.7 Å². The topological polar surface area (TPSA) is 37.3 Å². The van der Waals surface area contributed by atoms with Crippen LogP contribution in [0.1, 0.15) is 44.1 Å². The normalized spacial score (nSPS) is 31.1. The SMILES string of the molecule is O=C(O)[C@]1(c2ccc(Br)cc2)C[C@H]1C1CCCCC1. The maximum Gasteiger partial charge on any atom is 0.314 e. The molecule has 2 saturated carbocycles. The summed E-state index contributed by atoms with van der Waals surface area (Å²) in [6.45, 7) is 0. The minimum absolute atomic E-state index is 0.353. The molecule has 0 heterocycles. The largest absolute Gasteiger partial charge is 0.481 e. The minimum atomic E-state index is -0.634. The molecule has 3 heteroatoms. The average molecular weight is 323 g/mol. The summed E-state index contributed by atoms with van der Waals surface area (Å²) in [6.07, 6.45) is 7.14. The van der Waals surface area contributed by atoms with E-state index in [-0.39, 0.29) is 0 Å². The van der Waals surface area contributed by atoms with E-state index in [1.807, 2.05) is 24.3 Å². The van der Waals surface area contributed by atoms with Gasteiger partial charge in [-0.2, -0.15) is 0 Å². The van der Waals surface area contributed by atoms with Crippen molar-refractivity contribution < 1.29 is 9.90 Å². The van der Waals surface area contributed by atoms with Gasteiger partial charge in [0.25, 0.3) is 0 Å². The molecule has 0 aromatic heterocycles. The molecular weight excluding hydrogens is 304 g/mol. The predicted molar refractivity (Wildman–Crippen MR) is 78.1 cm³/mol. The molecule has 102 valence electrons. The Balaban J connectivity index is 1.86. The van der Waals surface area contributed by atoms with Gasteiger partial charge in [-0.15, -0.1) is 0 Å². The Morgan fingerprint density at radius 3 is 2.37 bits per heavy atom. The summed E-state index contributed by atoms with van der Waals surface area (Å²) >= 11 is 3.41. The molecule has 2 fully saturated rings. The zero-order chi connectivity index (χ0) is 13.5. The number of hydrogen-bond donors (Lipinski definition) is 1. The molecule has 3 rings (SSSR count). The van der Waals surface area contributed by atoms with Crippen molar-refractivity contribution in [3.05, 3.63) is 34.3 Å². The molecule has 0 unspecified atom stereocenters. The van der Waals surface area contributed by atoms with Crippen LogP contribution >= 0.6 is 15.9 Å². The summed E-state index contributed by atoms with van der Waals surface area (Å²) in [7, 11) is 0. The molecule has 2 aliphatic carbocycles. The third-order valence-electron chi connectivity index (χ3n) is 4.97. The zero-order valence-corrected chi connectivity index (χ0v) is 12.5. The number of rotatable bonds is 3. The monoisotopic (exact) mass is 322 g/mol. The first-order valence-corrected chi connectivity index (χ1v) is 7.93. The van der Waals surface area contributed by atoms with E-state index >= 15 is 0 Å². The lowest BCUT2D eigenvalue weighted by molar-refractivity contribution is -0.140. The Morgan fingerprint density at radius 1 is 1.16 bits per heavy atom. The van der Waals surface area contributed by atoms with E-state index in [9.17, 15) is 9.90 Å². The van der Waals surface area contributed by atoms with Crippen molar-refractivity contribution in [1.82, 2.24) is 0 Å². The number of aliphatic carboxylic acids is 1. The fourth-order valence-corrected chi connectivity index (χ4v) is 4.11. The second-order valence-corrected chi connectivity index (χ2v) is 6.91. The molecule has 0 saturated heterocycles. The van der Waals surface area contributed by atoms with E-state index < -0.39 is 11.4 Å².